The van der Waals surface area contributed by atoms with Gasteiger partial charge in [0.2, 0.25) is 0 Å². The smallest absolute Gasteiger partial charge is 0.0206 e. The lowest BCUT2D eigenvalue weighted by Gasteiger charge is -2.52. The Morgan fingerprint density at radius 1 is 0.714 bits per heavy atom. The average Bonchev–Trinajstić information content (AvgIpc) is 1.79. The predicted molar refractivity (Wildman–Crippen MR) is 65.6 cm³/mol. The van der Waals surface area contributed by atoms with E-state index in [0.29, 0.717) is 17.5 Å². The largest absolute Gasteiger partial charge is 0.293 e. The van der Waals surface area contributed by atoms with Gasteiger partial charge in [-0.1, -0.05) is 20.8 Å². The Kier molecular flexibility index (Phi) is 4.21. The van der Waals surface area contributed by atoms with Gasteiger partial charge in [-0.2, -0.15) is 0 Å². The maximum atomic E-state index is 2.60. The lowest BCUT2D eigenvalue weighted by molar-refractivity contribution is -0.0243. The van der Waals surface area contributed by atoms with Crippen LogP contribution in [0.5, 0.6) is 0 Å². The van der Waals surface area contributed by atoms with Gasteiger partial charge in [0.1, 0.15) is 0 Å². The van der Waals surface area contributed by atoms with E-state index in [1.165, 1.54) is 0 Å². The molecule has 0 aliphatic heterocycles. The van der Waals surface area contributed by atoms with Gasteiger partial charge in [0.15, 0.2) is 0 Å². The molecule has 0 atom stereocenters. The summed E-state index contributed by atoms with van der Waals surface area (Å²) in [6.45, 7) is 20.8. The first kappa shape index (κ1) is 14.0. The number of rotatable bonds is 3. The summed E-state index contributed by atoms with van der Waals surface area (Å²) in [5.74, 6) is 0. The van der Waals surface area contributed by atoms with Crippen molar-refractivity contribution in [2.75, 3.05) is 0 Å². The van der Waals surface area contributed by atoms with Crippen molar-refractivity contribution < 1.29 is 0 Å². The summed E-state index contributed by atoms with van der Waals surface area (Å²) in [7, 11) is 0. The van der Waals surface area contributed by atoms with Crippen LogP contribution in [0.4, 0.5) is 0 Å². The molecule has 86 valence electrons. The minimum atomic E-state index is 0.231. The SMILES string of the molecule is CC(C)N(C(C)C)C(C)(C)C(C)(C)C. The molecular weight excluding hydrogens is 170 g/mol. The topological polar surface area (TPSA) is 3.24 Å². The molecule has 1 heteroatoms. The highest BCUT2D eigenvalue weighted by molar-refractivity contribution is 4.95. The molecule has 0 saturated carbocycles. The molecule has 0 heterocycles. The lowest BCUT2D eigenvalue weighted by Crippen LogP contribution is -2.58. The van der Waals surface area contributed by atoms with Crippen LogP contribution >= 0.6 is 0 Å². The van der Waals surface area contributed by atoms with Crippen molar-refractivity contribution in [1.82, 2.24) is 4.90 Å². The summed E-state index contributed by atoms with van der Waals surface area (Å²) in [4.78, 5) is 2.60. The quantitative estimate of drug-likeness (QED) is 0.665. The number of hydrogen-bond acceptors (Lipinski definition) is 1. The van der Waals surface area contributed by atoms with E-state index in [2.05, 4.69) is 67.2 Å². The Morgan fingerprint density at radius 3 is 1.07 bits per heavy atom. The molecule has 0 aliphatic carbocycles. The first-order chi connectivity index (χ1) is 6.01. The summed E-state index contributed by atoms with van der Waals surface area (Å²) in [6, 6.07) is 1.20. The molecule has 0 radical (unpaired) electrons. The van der Waals surface area contributed by atoms with Gasteiger partial charge in [-0.05, 0) is 47.0 Å². The Morgan fingerprint density at radius 2 is 1.00 bits per heavy atom. The highest BCUT2D eigenvalue weighted by atomic mass is 15.2. The van der Waals surface area contributed by atoms with Crippen LogP contribution in [-0.2, 0) is 0 Å². The zero-order valence-corrected chi connectivity index (χ0v) is 11.6. The van der Waals surface area contributed by atoms with Gasteiger partial charge in [-0.25, -0.2) is 0 Å². The fraction of sp³-hybridized carbons (Fsp3) is 1.00. The van der Waals surface area contributed by atoms with Crippen LogP contribution in [0.2, 0.25) is 0 Å². The average molecular weight is 199 g/mol. The van der Waals surface area contributed by atoms with E-state index in [1.54, 1.807) is 0 Å². The van der Waals surface area contributed by atoms with Crippen molar-refractivity contribution >= 4 is 0 Å². The molecule has 0 aromatic rings. The van der Waals surface area contributed by atoms with Crippen molar-refractivity contribution in [3.63, 3.8) is 0 Å². The molecule has 0 saturated heterocycles. The standard InChI is InChI=1S/C13H29N/c1-10(2)14(11(3)4)13(8,9)12(5,6)7/h10-11H,1-9H3. The maximum absolute atomic E-state index is 2.60. The van der Waals surface area contributed by atoms with E-state index in [4.69, 9.17) is 0 Å². The van der Waals surface area contributed by atoms with E-state index in [1.807, 2.05) is 0 Å². The number of nitrogens with zero attached hydrogens (tertiary/aromatic N) is 1. The second kappa shape index (κ2) is 4.22. The summed E-state index contributed by atoms with van der Waals surface area (Å²) in [6.07, 6.45) is 0. The third-order valence-electron chi connectivity index (χ3n) is 3.59. The Balaban J connectivity index is 5.01. The minimum Gasteiger partial charge on any atom is -0.293 e. The summed E-state index contributed by atoms with van der Waals surface area (Å²) < 4.78 is 0. The summed E-state index contributed by atoms with van der Waals surface area (Å²) >= 11 is 0. The highest BCUT2D eigenvalue weighted by Crippen LogP contribution is 2.37. The van der Waals surface area contributed by atoms with Crippen LogP contribution in [0.3, 0.4) is 0 Å². The van der Waals surface area contributed by atoms with Gasteiger partial charge in [-0.3, -0.25) is 4.90 Å². The van der Waals surface area contributed by atoms with Crippen molar-refractivity contribution in [3.8, 4) is 0 Å². The van der Waals surface area contributed by atoms with E-state index >= 15 is 0 Å². The number of hydrogen-bond donors (Lipinski definition) is 0. The van der Waals surface area contributed by atoms with Crippen LogP contribution in [0, 0.1) is 5.41 Å². The van der Waals surface area contributed by atoms with E-state index < -0.39 is 0 Å². The second-order valence-corrected chi connectivity index (χ2v) is 6.40. The predicted octanol–water partition coefficient (Wildman–Crippen LogP) is 3.93. The molecule has 0 spiro atoms. The fourth-order valence-corrected chi connectivity index (χ4v) is 2.27. The Hall–Kier alpha value is -0.0400. The van der Waals surface area contributed by atoms with Gasteiger partial charge < -0.3 is 0 Å². The molecule has 14 heavy (non-hydrogen) atoms. The third-order valence-corrected chi connectivity index (χ3v) is 3.59. The minimum absolute atomic E-state index is 0.231. The van der Waals surface area contributed by atoms with Crippen molar-refractivity contribution in [2.45, 2.75) is 79.9 Å². The fourth-order valence-electron chi connectivity index (χ4n) is 2.27. The highest BCUT2D eigenvalue weighted by Gasteiger charge is 2.40. The van der Waals surface area contributed by atoms with Crippen LogP contribution < -0.4 is 0 Å². The molecule has 0 amide bonds. The van der Waals surface area contributed by atoms with Gasteiger partial charge in [0.05, 0.1) is 0 Å². The molecule has 0 aliphatic rings. The van der Waals surface area contributed by atoms with Gasteiger partial charge >= 0.3 is 0 Å². The van der Waals surface area contributed by atoms with Crippen LogP contribution in [0.1, 0.15) is 62.3 Å². The van der Waals surface area contributed by atoms with E-state index in [-0.39, 0.29) is 5.54 Å². The van der Waals surface area contributed by atoms with Crippen molar-refractivity contribution in [1.29, 1.82) is 0 Å². The van der Waals surface area contributed by atoms with Crippen LogP contribution in [0.25, 0.3) is 0 Å². The Bertz CT molecular complexity index is 164. The molecule has 1 nitrogen and oxygen atoms in total. The van der Waals surface area contributed by atoms with E-state index in [9.17, 15) is 0 Å². The van der Waals surface area contributed by atoms with E-state index in [0.717, 1.165) is 0 Å². The normalized spacial score (nSPS) is 14.6. The van der Waals surface area contributed by atoms with Crippen molar-refractivity contribution in [3.05, 3.63) is 0 Å². The summed E-state index contributed by atoms with van der Waals surface area (Å²) in [5.41, 5.74) is 0.539. The molecule has 0 aromatic heterocycles. The molecule has 0 bridgehead atoms. The maximum Gasteiger partial charge on any atom is 0.0206 e. The lowest BCUT2D eigenvalue weighted by atomic mass is 9.74. The van der Waals surface area contributed by atoms with Crippen LogP contribution in [-0.4, -0.2) is 22.5 Å². The molecular formula is C13H29N. The Labute approximate surface area is 90.9 Å². The summed E-state index contributed by atoms with van der Waals surface area (Å²) in [5, 5.41) is 0. The van der Waals surface area contributed by atoms with Gasteiger partial charge in [-0.15, -0.1) is 0 Å². The molecule has 0 aromatic carbocycles. The zero-order valence-electron chi connectivity index (χ0n) is 11.6. The van der Waals surface area contributed by atoms with Gasteiger partial charge in [0.25, 0.3) is 0 Å². The monoisotopic (exact) mass is 199 g/mol. The van der Waals surface area contributed by atoms with Crippen LogP contribution in [0.15, 0.2) is 0 Å². The first-order valence-corrected chi connectivity index (χ1v) is 5.80. The first-order valence-electron chi connectivity index (χ1n) is 5.80. The van der Waals surface area contributed by atoms with Gasteiger partial charge in [0, 0.05) is 17.6 Å². The third kappa shape index (κ3) is 2.73. The second-order valence-electron chi connectivity index (χ2n) is 6.40. The molecule has 0 fully saturated rings. The molecule has 0 N–H and O–H groups in total. The van der Waals surface area contributed by atoms with Crippen molar-refractivity contribution in [2.24, 2.45) is 5.41 Å². The zero-order chi connectivity index (χ0) is 11.7. The molecule has 0 unspecified atom stereocenters. The molecule has 0 rings (SSSR count).